The van der Waals surface area contributed by atoms with Crippen LogP contribution in [-0.4, -0.2) is 22.8 Å². The maximum atomic E-state index is 12.3. The SMILES string of the molecule is Cc1ccc(C(N)C(=O)N(C)Cc2cccnc2)cc1.Cl.Cl. The molecule has 22 heavy (non-hydrogen) atoms. The Kier molecular flexibility index (Phi) is 8.72. The van der Waals surface area contributed by atoms with Gasteiger partial charge in [0.25, 0.3) is 0 Å². The maximum absolute atomic E-state index is 12.3. The number of amides is 1. The van der Waals surface area contributed by atoms with E-state index in [9.17, 15) is 4.79 Å². The minimum atomic E-state index is -0.628. The summed E-state index contributed by atoms with van der Waals surface area (Å²) < 4.78 is 0. The van der Waals surface area contributed by atoms with E-state index in [2.05, 4.69) is 4.98 Å². The molecule has 1 aromatic carbocycles. The predicted octanol–water partition coefficient (Wildman–Crippen LogP) is 2.89. The number of benzene rings is 1. The molecule has 0 saturated carbocycles. The lowest BCUT2D eigenvalue weighted by Gasteiger charge is -2.21. The summed E-state index contributed by atoms with van der Waals surface area (Å²) in [6, 6.07) is 10.9. The van der Waals surface area contributed by atoms with E-state index < -0.39 is 6.04 Å². The molecular weight excluding hydrogens is 321 g/mol. The molecule has 2 aromatic rings. The fraction of sp³-hybridized carbons (Fsp3) is 0.250. The lowest BCUT2D eigenvalue weighted by molar-refractivity contribution is -0.131. The van der Waals surface area contributed by atoms with Crippen molar-refractivity contribution in [3.63, 3.8) is 0 Å². The number of aromatic nitrogens is 1. The van der Waals surface area contributed by atoms with Gasteiger partial charge < -0.3 is 10.6 Å². The number of carbonyl (C=O) groups is 1. The van der Waals surface area contributed by atoms with E-state index in [0.29, 0.717) is 6.54 Å². The van der Waals surface area contributed by atoms with E-state index in [1.807, 2.05) is 43.3 Å². The number of nitrogens with zero attached hydrogens (tertiary/aromatic N) is 2. The van der Waals surface area contributed by atoms with E-state index in [1.165, 1.54) is 0 Å². The van der Waals surface area contributed by atoms with Gasteiger partial charge in [-0.15, -0.1) is 24.8 Å². The number of hydrogen-bond acceptors (Lipinski definition) is 3. The molecule has 6 heteroatoms. The standard InChI is InChI=1S/C16H19N3O.2ClH/c1-12-5-7-14(8-6-12)15(17)16(20)19(2)11-13-4-3-9-18-10-13;;/h3-10,15H,11,17H2,1-2H3;2*1H. The number of carbonyl (C=O) groups excluding carboxylic acids is 1. The van der Waals surface area contributed by atoms with Crippen LogP contribution in [0.4, 0.5) is 0 Å². The van der Waals surface area contributed by atoms with Gasteiger partial charge in [-0.3, -0.25) is 9.78 Å². The molecule has 4 nitrogen and oxygen atoms in total. The van der Waals surface area contributed by atoms with E-state index >= 15 is 0 Å². The molecule has 1 amide bonds. The molecule has 0 aliphatic rings. The summed E-state index contributed by atoms with van der Waals surface area (Å²) in [5, 5.41) is 0. The number of rotatable bonds is 4. The minimum Gasteiger partial charge on any atom is -0.340 e. The first kappa shape index (κ1) is 20.4. The predicted molar refractivity (Wildman–Crippen MR) is 93.3 cm³/mol. The Hall–Kier alpha value is -1.62. The minimum absolute atomic E-state index is 0. The van der Waals surface area contributed by atoms with E-state index in [4.69, 9.17) is 5.73 Å². The molecule has 1 heterocycles. The maximum Gasteiger partial charge on any atom is 0.244 e. The van der Waals surface area contributed by atoms with Crippen molar-refractivity contribution in [3.05, 3.63) is 65.5 Å². The number of nitrogens with two attached hydrogens (primary N) is 1. The van der Waals surface area contributed by atoms with Gasteiger partial charge >= 0.3 is 0 Å². The van der Waals surface area contributed by atoms with Crippen LogP contribution in [-0.2, 0) is 11.3 Å². The van der Waals surface area contributed by atoms with Crippen LogP contribution < -0.4 is 5.73 Å². The normalized spacial score (nSPS) is 10.9. The second kappa shape index (κ2) is 9.41. The Morgan fingerprint density at radius 3 is 2.41 bits per heavy atom. The molecule has 2 rings (SSSR count). The molecule has 0 aliphatic carbocycles. The lowest BCUT2D eigenvalue weighted by Crippen LogP contribution is -2.35. The molecule has 0 fully saturated rings. The van der Waals surface area contributed by atoms with Crippen molar-refractivity contribution in [3.8, 4) is 0 Å². The Morgan fingerprint density at radius 1 is 1.23 bits per heavy atom. The summed E-state index contributed by atoms with van der Waals surface area (Å²) in [5.41, 5.74) is 9.00. The molecule has 0 spiro atoms. The molecule has 120 valence electrons. The van der Waals surface area contributed by atoms with Crippen LogP contribution in [0.5, 0.6) is 0 Å². The van der Waals surface area contributed by atoms with Gasteiger partial charge in [0, 0.05) is 26.0 Å². The van der Waals surface area contributed by atoms with Crippen LogP contribution in [0.15, 0.2) is 48.8 Å². The summed E-state index contributed by atoms with van der Waals surface area (Å²) in [4.78, 5) is 18.0. The van der Waals surface area contributed by atoms with Gasteiger partial charge in [0.2, 0.25) is 5.91 Å². The van der Waals surface area contributed by atoms with Gasteiger partial charge in [0.15, 0.2) is 0 Å². The van der Waals surface area contributed by atoms with Gasteiger partial charge in [-0.2, -0.15) is 0 Å². The zero-order valence-electron chi connectivity index (χ0n) is 12.6. The zero-order chi connectivity index (χ0) is 14.5. The fourth-order valence-electron chi connectivity index (χ4n) is 2.00. The van der Waals surface area contributed by atoms with E-state index in [0.717, 1.165) is 16.7 Å². The largest absolute Gasteiger partial charge is 0.340 e. The zero-order valence-corrected chi connectivity index (χ0v) is 14.2. The monoisotopic (exact) mass is 341 g/mol. The van der Waals surface area contributed by atoms with Crippen molar-refractivity contribution in [2.45, 2.75) is 19.5 Å². The Labute approximate surface area is 143 Å². The smallest absolute Gasteiger partial charge is 0.244 e. The summed E-state index contributed by atoms with van der Waals surface area (Å²) >= 11 is 0. The molecule has 0 aliphatic heterocycles. The number of pyridine rings is 1. The third-order valence-electron chi connectivity index (χ3n) is 3.22. The fourth-order valence-corrected chi connectivity index (χ4v) is 2.00. The first-order valence-corrected chi connectivity index (χ1v) is 6.54. The topological polar surface area (TPSA) is 59.2 Å². The van der Waals surface area contributed by atoms with Gasteiger partial charge in [-0.1, -0.05) is 35.9 Å². The van der Waals surface area contributed by atoms with Crippen molar-refractivity contribution < 1.29 is 4.79 Å². The van der Waals surface area contributed by atoms with Crippen molar-refractivity contribution in [1.82, 2.24) is 9.88 Å². The molecule has 1 unspecified atom stereocenters. The first-order valence-electron chi connectivity index (χ1n) is 6.54. The third-order valence-corrected chi connectivity index (χ3v) is 3.22. The van der Waals surface area contributed by atoms with Crippen molar-refractivity contribution in [2.24, 2.45) is 5.73 Å². The molecule has 2 N–H and O–H groups in total. The van der Waals surface area contributed by atoms with E-state index in [-0.39, 0.29) is 30.7 Å². The molecule has 1 atom stereocenters. The van der Waals surface area contributed by atoms with Crippen LogP contribution >= 0.6 is 24.8 Å². The Morgan fingerprint density at radius 2 is 1.86 bits per heavy atom. The van der Waals surface area contributed by atoms with E-state index in [1.54, 1.807) is 24.3 Å². The second-order valence-electron chi connectivity index (χ2n) is 4.94. The molecule has 0 saturated heterocycles. The van der Waals surface area contributed by atoms with Gasteiger partial charge in [-0.25, -0.2) is 0 Å². The number of halogens is 2. The van der Waals surface area contributed by atoms with Crippen molar-refractivity contribution in [1.29, 1.82) is 0 Å². The third kappa shape index (κ3) is 5.30. The van der Waals surface area contributed by atoms with Gasteiger partial charge in [0.1, 0.15) is 6.04 Å². The average Bonchev–Trinajstić information content (AvgIpc) is 2.47. The lowest BCUT2D eigenvalue weighted by atomic mass is 10.0. The van der Waals surface area contributed by atoms with Gasteiger partial charge in [0.05, 0.1) is 0 Å². The molecule has 0 radical (unpaired) electrons. The Bertz CT molecular complexity index is 576. The summed E-state index contributed by atoms with van der Waals surface area (Å²) in [6.07, 6.45) is 3.46. The van der Waals surface area contributed by atoms with Crippen LogP contribution in [0.2, 0.25) is 0 Å². The highest BCUT2D eigenvalue weighted by molar-refractivity contribution is 5.85. The quantitative estimate of drug-likeness (QED) is 0.929. The molecular formula is C16H21Cl2N3O. The van der Waals surface area contributed by atoms with Crippen LogP contribution in [0.3, 0.4) is 0 Å². The summed E-state index contributed by atoms with van der Waals surface area (Å²) in [7, 11) is 1.75. The highest BCUT2D eigenvalue weighted by atomic mass is 35.5. The highest BCUT2D eigenvalue weighted by Crippen LogP contribution is 2.14. The number of likely N-dealkylation sites (N-methyl/N-ethyl adjacent to an activating group) is 1. The van der Waals surface area contributed by atoms with Gasteiger partial charge in [-0.05, 0) is 24.1 Å². The highest BCUT2D eigenvalue weighted by Gasteiger charge is 2.19. The van der Waals surface area contributed by atoms with Crippen molar-refractivity contribution >= 4 is 30.7 Å². The second-order valence-corrected chi connectivity index (χ2v) is 4.94. The van der Waals surface area contributed by atoms with Crippen LogP contribution in [0.1, 0.15) is 22.7 Å². The van der Waals surface area contributed by atoms with Crippen LogP contribution in [0, 0.1) is 6.92 Å². The number of aryl methyl sites for hydroxylation is 1. The average molecular weight is 342 g/mol. The summed E-state index contributed by atoms with van der Waals surface area (Å²) in [5.74, 6) is -0.0993. The molecule has 1 aromatic heterocycles. The number of hydrogen-bond donors (Lipinski definition) is 1. The Balaban J connectivity index is 0.00000220. The van der Waals surface area contributed by atoms with Crippen LogP contribution in [0.25, 0.3) is 0 Å². The molecule has 0 bridgehead atoms. The summed E-state index contributed by atoms with van der Waals surface area (Å²) in [6.45, 7) is 2.51. The first-order chi connectivity index (χ1) is 9.58. The van der Waals surface area contributed by atoms with Crippen molar-refractivity contribution in [2.75, 3.05) is 7.05 Å².